The number of hydrogen-bond donors (Lipinski definition) is 0. The molecule has 88 valence electrons. The monoisotopic (exact) mass is 256 g/mol. The Labute approximate surface area is 107 Å². The number of carbonyl (C=O) groups is 1. The van der Waals surface area contributed by atoms with Crippen molar-refractivity contribution in [3.05, 3.63) is 34.3 Å². The molecule has 16 heavy (non-hydrogen) atoms. The van der Waals surface area contributed by atoms with Gasteiger partial charge in [0.25, 0.3) is 0 Å². The van der Waals surface area contributed by atoms with Gasteiger partial charge in [-0.2, -0.15) is 11.8 Å². The van der Waals surface area contributed by atoms with Gasteiger partial charge in [-0.3, -0.25) is 4.79 Å². The van der Waals surface area contributed by atoms with E-state index < -0.39 is 0 Å². The first-order valence-electron chi connectivity index (χ1n) is 5.48. The predicted octanol–water partition coefficient (Wildman–Crippen LogP) is 3.90. The van der Waals surface area contributed by atoms with Gasteiger partial charge in [-0.15, -0.1) is 0 Å². The number of rotatable bonds is 6. The number of Topliss-reactive ketones (excluding diaryl/α,β-unsaturated/α-hetero) is 1. The van der Waals surface area contributed by atoms with Gasteiger partial charge in [0.2, 0.25) is 0 Å². The topological polar surface area (TPSA) is 17.1 Å². The Morgan fingerprint density at radius 3 is 2.81 bits per heavy atom. The van der Waals surface area contributed by atoms with Crippen LogP contribution in [-0.2, 0) is 11.2 Å². The lowest BCUT2D eigenvalue weighted by Gasteiger charge is -2.04. The lowest BCUT2D eigenvalue weighted by atomic mass is 10.1. The van der Waals surface area contributed by atoms with Crippen LogP contribution in [0.4, 0.5) is 0 Å². The van der Waals surface area contributed by atoms with Gasteiger partial charge in [0, 0.05) is 11.4 Å². The van der Waals surface area contributed by atoms with Crippen molar-refractivity contribution < 1.29 is 4.79 Å². The Bertz CT molecular complexity index is 363. The summed E-state index contributed by atoms with van der Waals surface area (Å²) in [5.41, 5.74) is 2.07. The third kappa shape index (κ3) is 4.58. The zero-order valence-corrected chi connectivity index (χ0v) is 11.3. The van der Waals surface area contributed by atoms with E-state index in [2.05, 4.69) is 6.92 Å². The van der Waals surface area contributed by atoms with Crippen LogP contribution in [0.2, 0.25) is 5.02 Å². The maximum atomic E-state index is 11.6. The predicted molar refractivity (Wildman–Crippen MR) is 72.5 cm³/mol. The first-order chi connectivity index (χ1) is 7.63. The fraction of sp³-hybridized carbons (Fsp3) is 0.462. The fourth-order valence-electron chi connectivity index (χ4n) is 1.39. The average Bonchev–Trinajstić information content (AvgIpc) is 2.23. The van der Waals surface area contributed by atoms with E-state index in [4.69, 9.17) is 11.6 Å². The Kier molecular flexibility index (Phi) is 5.93. The molecule has 0 saturated heterocycles. The molecule has 0 aromatic heterocycles. The summed E-state index contributed by atoms with van der Waals surface area (Å²) < 4.78 is 0. The Balaban J connectivity index is 2.49. The van der Waals surface area contributed by atoms with Gasteiger partial charge in [-0.25, -0.2) is 0 Å². The molecule has 1 rings (SSSR count). The lowest BCUT2D eigenvalue weighted by molar-refractivity contribution is -0.116. The molecule has 0 spiro atoms. The molecule has 0 N–H and O–H groups in total. The Morgan fingerprint density at radius 1 is 1.44 bits per heavy atom. The van der Waals surface area contributed by atoms with Gasteiger partial charge in [-0.1, -0.05) is 30.7 Å². The molecule has 0 radical (unpaired) electrons. The summed E-state index contributed by atoms with van der Waals surface area (Å²) in [6.45, 7) is 4.11. The van der Waals surface area contributed by atoms with Crippen molar-refractivity contribution in [3.8, 4) is 0 Å². The van der Waals surface area contributed by atoms with Crippen molar-refractivity contribution in [2.45, 2.75) is 26.7 Å². The van der Waals surface area contributed by atoms with Crippen LogP contribution in [0.25, 0.3) is 0 Å². The van der Waals surface area contributed by atoms with E-state index >= 15 is 0 Å². The summed E-state index contributed by atoms with van der Waals surface area (Å²) in [6.07, 6.45) is 1.57. The van der Waals surface area contributed by atoms with E-state index in [1.807, 2.05) is 25.1 Å². The number of benzene rings is 1. The minimum atomic E-state index is 0.254. The fourth-order valence-corrected chi connectivity index (χ4v) is 2.45. The zero-order valence-electron chi connectivity index (χ0n) is 9.75. The molecule has 0 heterocycles. The van der Waals surface area contributed by atoms with E-state index in [0.717, 1.165) is 23.3 Å². The second kappa shape index (κ2) is 6.97. The Hall–Kier alpha value is -0.470. The maximum Gasteiger partial charge on any atom is 0.147 e. The molecule has 3 heteroatoms. The van der Waals surface area contributed by atoms with Crippen molar-refractivity contribution in [1.82, 2.24) is 0 Å². The molecule has 0 aliphatic heterocycles. The van der Waals surface area contributed by atoms with Crippen LogP contribution in [-0.4, -0.2) is 17.3 Å². The van der Waals surface area contributed by atoms with E-state index in [1.54, 1.807) is 11.8 Å². The third-order valence-electron chi connectivity index (χ3n) is 2.21. The molecule has 1 nitrogen and oxygen atoms in total. The third-order valence-corrected chi connectivity index (χ3v) is 3.78. The average molecular weight is 257 g/mol. The number of thioether (sulfide) groups is 1. The Morgan fingerprint density at radius 2 is 2.19 bits per heavy atom. The first-order valence-corrected chi connectivity index (χ1v) is 7.01. The van der Waals surface area contributed by atoms with Gasteiger partial charge >= 0.3 is 0 Å². The van der Waals surface area contributed by atoms with E-state index in [1.165, 1.54) is 0 Å². The largest absolute Gasteiger partial charge is 0.298 e. The minimum absolute atomic E-state index is 0.254. The number of ketones is 1. The summed E-state index contributed by atoms with van der Waals surface area (Å²) >= 11 is 7.77. The van der Waals surface area contributed by atoms with Crippen LogP contribution < -0.4 is 0 Å². The lowest BCUT2D eigenvalue weighted by Crippen LogP contribution is -2.06. The van der Waals surface area contributed by atoms with Crippen molar-refractivity contribution in [2.75, 3.05) is 11.5 Å². The van der Waals surface area contributed by atoms with Crippen LogP contribution in [0.1, 0.15) is 24.5 Å². The molecule has 1 aromatic carbocycles. The molecule has 0 aliphatic rings. The van der Waals surface area contributed by atoms with Gasteiger partial charge in [0.05, 0.1) is 5.75 Å². The number of hydrogen-bond acceptors (Lipinski definition) is 2. The summed E-state index contributed by atoms with van der Waals surface area (Å²) in [6, 6.07) is 5.84. The summed E-state index contributed by atoms with van der Waals surface area (Å²) in [5.74, 6) is 1.90. The highest BCUT2D eigenvalue weighted by Gasteiger charge is 2.07. The maximum absolute atomic E-state index is 11.6. The molecule has 0 unspecified atom stereocenters. The van der Waals surface area contributed by atoms with Crippen LogP contribution >= 0.6 is 23.4 Å². The van der Waals surface area contributed by atoms with Crippen molar-refractivity contribution >= 4 is 29.1 Å². The minimum Gasteiger partial charge on any atom is -0.298 e. The van der Waals surface area contributed by atoms with Crippen LogP contribution in [0.15, 0.2) is 18.2 Å². The van der Waals surface area contributed by atoms with Crippen molar-refractivity contribution in [1.29, 1.82) is 0 Å². The highest BCUT2D eigenvalue weighted by atomic mass is 35.5. The van der Waals surface area contributed by atoms with Crippen LogP contribution in [0.3, 0.4) is 0 Å². The van der Waals surface area contributed by atoms with E-state index in [0.29, 0.717) is 17.2 Å². The second-order valence-electron chi connectivity index (χ2n) is 3.86. The molecule has 0 amide bonds. The standard InChI is InChI=1S/C13H17ClOS/c1-3-6-16-9-12(15)8-11-5-4-10(2)7-13(11)14/h4-5,7H,3,6,8-9H2,1-2H3. The number of halogens is 1. The van der Waals surface area contributed by atoms with Gasteiger partial charge < -0.3 is 0 Å². The molecule has 0 bridgehead atoms. The molecule has 0 atom stereocenters. The quantitative estimate of drug-likeness (QED) is 0.718. The van der Waals surface area contributed by atoms with Gasteiger partial charge in [0.15, 0.2) is 0 Å². The van der Waals surface area contributed by atoms with Gasteiger partial charge in [0.1, 0.15) is 5.78 Å². The SMILES string of the molecule is CCCSCC(=O)Cc1ccc(C)cc1Cl. The van der Waals surface area contributed by atoms with Crippen molar-refractivity contribution in [3.63, 3.8) is 0 Å². The molecular formula is C13H17ClOS. The van der Waals surface area contributed by atoms with Crippen molar-refractivity contribution in [2.24, 2.45) is 0 Å². The highest BCUT2D eigenvalue weighted by Crippen LogP contribution is 2.18. The van der Waals surface area contributed by atoms with Crippen LogP contribution in [0.5, 0.6) is 0 Å². The van der Waals surface area contributed by atoms with E-state index in [9.17, 15) is 4.79 Å². The van der Waals surface area contributed by atoms with E-state index in [-0.39, 0.29) is 5.78 Å². The molecule has 1 aromatic rings. The second-order valence-corrected chi connectivity index (χ2v) is 5.38. The molecule has 0 aliphatic carbocycles. The zero-order chi connectivity index (χ0) is 12.0. The number of carbonyl (C=O) groups excluding carboxylic acids is 1. The first kappa shape index (κ1) is 13.6. The van der Waals surface area contributed by atoms with Crippen LogP contribution in [0, 0.1) is 6.92 Å². The number of aryl methyl sites for hydroxylation is 1. The summed E-state index contributed by atoms with van der Waals surface area (Å²) in [7, 11) is 0. The summed E-state index contributed by atoms with van der Waals surface area (Å²) in [4.78, 5) is 11.6. The smallest absolute Gasteiger partial charge is 0.147 e. The molecular weight excluding hydrogens is 240 g/mol. The normalized spacial score (nSPS) is 10.4. The van der Waals surface area contributed by atoms with Gasteiger partial charge in [-0.05, 0) is 36.3 Å². The molecule has 0 saturated carbocycles. The molecule has 0 fully saturated rings. The summed E-state index contributed by atoms with van der Waals surface area (Å²) in [5, 5.41) is 0.703. The highest BCUT2D eigenvalue weighted by molar-refractivity contribution is 7.99.